The third-order valence-corrected chi connectivity index (χ3v) is 0.819. The minimum Gasteiger partial charge on any atom is -0.381 e. The Kier molecular flexibility index (Phi) is 50.8. The van der Waals surface area contributed by atoms with Gasteiger partial charge in [0, 0.05) is 0 Å². The van der Waals surface area contributed by atoms with Gasteiger partial charge in [-0.1, -0.05) is 41.0 Å². The van der Waals surface area contributed by atoms with E-state index in [2.05, 4.69) is 12.2 Å². The number of unbranched alkanes of at least 4 members (excludes halogenated alkanes) is 1. The molecule has 0 spiro atoms. The molecule has 0 fully saturated rings. The Bertz CT molecular complexity index is 28.7. The van der Waals surface area contributed by atoms with Gasteiger partial charge in [0.1, 0.15) is 0 Å². The van der Waals surface area contributed by atoms with Crippen LogP contribution >= 0.6 is 0 Å². The van der Waals surface area contributed by atoms with E-state index in [4.69, 9.17) is 5.11 Å². The van der Waals surface area contributed by atoms with Crippen LogP contribution in [0.1, 0.15) is 47.5 Å². The summed E-state index contributed by atoms with van der Waals surface area (Å²) in [4.78, 5) is 0. The van der Waals surface area contributed by atoms with Crippen molar-refractivity contribution in [3.8, 4) is 0 Å². The van der Waals surface area contributed by atoms with Crippen LogP contribution < -0.4 is 5.32 Å². The fourth-order valence-electron chi connectivity index (χ4n) is 0.381. The predicted molar refractivity (Wildman–Crippen MR) is 52.7 cm³/mol. The Labute approximate surface area is 72.0 Å². The standard InChI is InChI=1S/C5H13NO.2C2H6/c1-2-3-4-6-5-7;2*1-2/h6-7H,2-5H2,1H3;2*1-2H3. The van der Waals surface area contributed by atoms with Gasteiger partial charge in [0.05, 0.1) is 6.73 Å². The van der Waals surface area contributed by atoms with Crippen molar-refractivity contribution >= 4 is 0 Å². The predicted octanol–water partition coefficient (Wildman–Crippen LogP) is 2.38. The second-order valence-electron chi connectivity index (χ2n) is 1.51. The van der Waals surface area contributed by atoms with Gasteiger partial charge >= 0.3 is 0 Å². The summed E-state index contributed by atoms with van der Waals surface area (Å²) >= 11 is 0. The first-order chi connectivity index (χ1) is 5.41. The van der Waals surface area contributed by atoms with Crippen molar-refractivity contribution in [2.24, 2.45) is 0 Å². The summed E-state index contributed by atoms with van der Waals surface area (Å²) in [7, 11) is 0. The van der Waals surface area contributed by atoms with Crippen molar-refractivity contribution in [2.75, 3.05) is 13.3 Å². The number of aliphatic hydroxyl groups is 1. The van der Waals surface area contributed by atoms with Crippen LogP contribution in [0, 0.1) is 0 Å². The molecule has 2 heteroatoms. The molecule has 0 aromatic carbocycles. The zero-order chi connectivity index (χ0) is 9.54. The van der Waals surface area contributed by atoms with Gasteiger partial charge in [-0.3, -0.25) is 5.32 Å². The summed E-state index contributed by atoms with van der Waals surface area (Å²) in [5, 5.41) is 11.0. The lowest BCUT2D eigenvalue weighted by Crippen LogP contribution is -2.15. The van der Waals surface area contributed by atoms with Crippen molar-refractivity contribution in [1.29, 1.82) is 0 Å². The van der Waals surface area contributed by atoms with Crippen molar-refractivity contribution in [1.82, 2.24) is 5.32 Å². The van der Waals surface area contributed by atoms with E-state index >= 15 is 0 Å². The fraction of sp³-hybridized carbons (Fsp3) is 1.00. The number of rotatable bonds is 4. The highest BCUT2D eigenvalue weighted by molar-refractivity contribution is 4.36. The van der Waals surface area contributed by atoms with E-state index in [1.165, 1.54) is 6.42 Å². The fourth-order valence-corrected chi connectivity index (χ4v) is 0.381. The SMILES string of the molecule is CC.CC.CCCCNCO. The van der Waals surface area contributed by atoms with Gasteiger partial charge in [0.2, 0.25) is 0 Å². The van der Waals surface area contributed by atoms with Crippen LogP contribution in [-0.2, 0) is 0 Å². The van der Waals surface area contributed by atoms with Crippen molar-refractivity contribution in [3.05, 3.63) is 0 Å². The summed E-state index contributed by atoms with van der Waals surface area (Å²) < 4.78 is 0. The molecule has 0 saturated heterocycles. The third kappa shape index (κ3) is 40.5. The lowest BCUT2D eigenvalue weighted by atomic mass is 10.3. The van der Waals surface area contributed by atoms with Crippen molar-refractivity contribution < 1.29 is 5.11 Å². The molecular weight excluding hydrogens is 138 g/mol. The van der Waals surface area contributed by atoms with E-state index in [1.54, 1.807) is 0 Å². The van der Waals surface area contributed by atoms with Crippen LogP contribution in [0.3, 0.4) is 0 Å². The summed E-state index contributed by atoms with van der Waals surface area (Å²) in [6.45, 7) is 11.2. The first kappa shape index (κ1) is 17.1. The molecule has 2 nitrogen and oxygen atoms in total. The molecule has 0 aliphatic carbocycles. The Morgan fingerprint density at radius 2 is 1.55 bits per heavy atom. The monoisotopic (exact) mass is 163 g/mol. The average molecular weight is 163 g/mol. The summed E-state index contributed by atoms with van der Waals surface area (Å²) in [6.07, 6.45) is 2.34. The van der Waals surface area contributed by atoms with E-state index in [9.17, 15) is 0 Å². The Hall–Kier alpha value is -0.0800. The zero-order valence-corrected chi connectivity index (χ0v) is 8.78. The number of aliphatic hydroxyl groups excluding tert-OH is 1. The zero-order valence-electron chi connectivity index (χ0n) is 8.78. The topological polar surface area (TPSA) is 32.3 Å². The summed E-state index contributed by atoms with van der Waals surface area (Å²) in [6, 6.07) is 0. The lowest BCUT2D eigenvalue weighted by molar-refractivity contribution is 0.260. The van der Waals surface area contributed by atoms with E-state index in [1.807, 2.05) is 27.7 Å². The van der Waals surface area contributed by atoms with Gasteiger partial charge in [-0.25, -0.2) is 0 Å². The Morgan fingerprint density at radius 3 is 1.82 bits per heavy atom. The quantitative estimate of drug-likeness (QED) is 0.492. The first-order valence-electron chi connectivity index (χ1n) is 4.73. The van der Waals surface area contributed by atoms with Gasteiger partial charge in [0.25, 0.3) is 0 Å². The van der Waals surface area contributed by atoms with Gasteiger partial charge in [-0.2, -0.15) is 0 Å². The number of hydrogen-bond acceptors (Lipinski definition) is 2. The molecule has 0 aromatic rings. The van der Waals surface area contributed by atoms with Crippen LogP contribution in [-0.4, -0.2) is 18.4 Å². The molecule has 0 amide bonds. The first-order valence-corrected chi connectivity index (χ1v) is 4.73. The largest absolute Gasteiger partial charge is 0.381 e. The van der Waals surface area contributed by atoms with E-state index in [0.717, 1.165) is 13.0 Å². The van der Waals surface area contributed by atoms with E-state index < -0.39 is 0 Å². The highest BCUT2D eigenvalue weighted by Crippen LogP contribution is 1.80. The molecule has 72 valence electrons. The highest BCUT2D eigenvalue weighted by Gasteiger charge is 1.77. The van der Waals surface area contributed by atoms with Crippen LogP contribution in [0.4, 0.5) is 0 Å². The molecule has 0 heterocycles. The maximum absolute atomic E-state index is 8.18. The Balaban J connectivity index is -0.000000138. The van der Waals surface area contributed by atoms with Gasteiger partial charge in [0.15, 0.2) is 0 Å². The van der Waals surface area contributed by atoms with Gasteiger partial charge in [-0.15, -0.1) is 0 Å². The van der Waals surface area contributed by atoms with Gasteiger partial charge < -0.3 is 5.11 Å². The van der Waals surface area contributed by atoms with Crippen molar-refractivity contribution in [3.63, 3.8) is 0 Å². The van der Waals surface area contributed by atoms with E-state index in [-0.39, 0.29) is 6.73 Å². The second-order valence-corrected chi connectivity index (χ2v) is 1.51. The molecular formula is C9H25NO. The molecule has 0 aliphatic rings. The summed E-state index contributed by atoms with van der Waals surface area (Å²) in [5.41, 5.74) is 0. The second kappa shape index (κ2) is 32.6. The molecule has 2 N–H and O–H groups in total. The average Bonchev–Trinajstić information content (AvgIpc) is 2.13. The van der Waals surface area contributed by atoms with Crippen LogP contribution in [0.15, 0.2) is 0 Å². The Morgan fingerprint density at radius 1 is 1.09 bits per heavy atom. The molecule has 0 atom stereocenters. The lowest BCUT2D eigenvalue weighted by Gasteiger charge is -1.94. The summed E-state index contributed by atoms with van der Waals surface area (Å²) in [5.74, 6) is 0. The molecule has 0 aliphatic heterocycles. The minimum absolute atomic E-state index is 0.111. The highest BCUT2D eigenvalue weighted by atomic mass is 16.3. The van der Waals surface area contributed by atoms with Crippen LogP contribution in [0.2, 0.25) is 0 Å². The van der Waals surface area contributed by atoms with Gasteiger partial charge in [-0.05, 0) is 13.0 Å². The normalized spacial score (nSPS) is 7.09. The minimum atomic E-state index is 0.111. The molecule has 0 radical (unpaired) electrons. The van der Waals surface area contributed by atoms with E-state index in [0.29, 0.717) is 0 Å². The molecule has 11 heavy (non-hydrogen) atoms. The van der Waals surface area contributed by atoms with Crippen LogP contribution in [0.5, 0.6) is 0 Å². The smallest absolute Gasteiger partial charge is 0.0931 e. The molecule has 0 aromatic heterocycles. The number of hydrogen-bond donors (Lipinski definition) is 2. The number of nitrogens with one attached hydrogen (secondary N) is 1. The van der Waals surface area contributed by atoms with Crippen molar-refractivity contribution in [2.45, 2.75) is 47.5 Å². The van der Waals surface area contributed by atoms with Crippen LogP contribution in [0.25, 0.3) is 0 Å². The molecule has 0 unspecified atom stereocenters. The molecule has 0 rings (SSSR count). The molecule has 0 bridgehead atoms. The molecule has 0 saturated carbocycles. The maximum atomic E-state index is 8.18. The third-order valence-electron chi connectivity index (χ3n) is 0.819. The maximum Gasteiger partial charge on any atom is 0.0931 e.